The number of pyridine rings is 1. The van der Waals surface area contributed by atoms with Crippen LogP contribution in [0.15, 0.2) is 54.7 Å². The molecule has 3 aromatic rings. The highest BCUT2D eigenvalue weighted by Crippen LogP contribution is 2.15. The van der Waals surface area contributed by atoms with E-state index in [1.807, 2.05) is 38.1 Å². The maximum absolute atomic E-state index is 12.7. The van der Waals surface area contributed by atoms with Gasteiger partial charge in [0.05, 0.1) is 5.56 Å². The molecule has 3 rings (SSSR count). The Balaban J connectivity index is 1.98. The largest absolute Gasteiger partial charge is 0.521 e. The lowest BCUT2D eigenvalue weighted by atomic mass is 9.55. The Hall–Kier alpha value is -2.83. The number of carboxylic acids is 1. The molecule has 8 heteroatoms. The molecule has 0 bridgehead atoms. The number of hydrogen-bond acceptors (Lipinski definition) is 4. The van der Waals surface area contributed by atoms with Crippen LogP contribution in [0, 0.1) is 13.8 Å². The molecule has 1 N–H and O–H groups in total. The van der Waals surface area contributed by atoms with Crippen LogP contribution in [0.25, 0.3) is 0 Å². The highest BCUT2D eigenvalue weighted by atomic mass is 35.5. The predicted molar refractivity (Wildman–Crippen MR) is 114 cm³/mol. The van der Waals surface area contributed by atoms with E-state index in [2.05, 4.69) is 4.98 Å². The van der Waals surface area contributed by atoms with Gasteiger partial charge in [-0.2, -0.15) is 0 Å². The van der Waals surface area contributed by atoms with Gasteiger partial charge in [-0.3, -0.25) is 0 Å². The zero-order chi connectivity index (χ0) is 21.1. The van der Waals surface area contributed by atoms with E-state index in [1.165, 1.54) is 12.1 Å². The molecule has 0 atom stereocenters. The Morgan fingerprint density at radius 2 is 1.48 bits per heavy atom. The van der Waals surface area contributed by atoms with E-state index in [4.69, 9.17) is 33.0 Å². The second kappa shape index (κ2) is 8.68. The average Bonchev–Trinajstić information content (AvgIpc) is 2.70. The highest BCUT2D eigenvalue weighted by molar-refractivity contribution is 6.81. The number of aryl methyl sites for hydroxylation is 2. The zero-order valence-corrected chi connectivity index (χ0v) is 17.2. The fraction of sp³-hybridized carbons (Fsp3) is 0.0952. The maximum Gasteiger partial charge on any atom is 0.430 e. The normalized spacial score (nSPS) is 10.5. The van der Waals surface area contributed by atoms with Crippen LogP contribution in [-0.4, -0.2) is 28.9 Å². The quantitative estimate of drug-likeness (QED) is 0.628. The summed E-state index contributed by atoms with van der Waals surface area (Å²) >= 11 is 12.5. The molecule has 0 aliphatic rings. The third-order valence-corrected chi connectivity index (χ3v) is 5.26. The predicted octanol–water partition coefficient (Wildman–Crippen LogP) is 3.67. The lowest BCUT2D eigenvalue weighted by molar-refractivity contribution is 0.0690. The van der Waals surface area contributed by atoms with Gasteiger partial charge in [0.1, 0.15) is 5.69 Å². The van der Waals surface area contributed by atoms with Gasteiger partial charge in [0.25, 0.3) is 0 Å². The molecule has 146 valence electrons. The van der Waals surface area contributed by atoms with E-state index in [1.54, 1.807) is 12.1 Å². The van der Waals surface area contributed by atoms with Crippen LogP contribution in [0.2, 0.25) is 10.0 Å². The van der Waals surface area contributed by atoms with Crippen molar-refractivity contribution >= 4 is 53.0 Å². The molecule has 0 aliphatic heterocycles. The Morgan fingerprint density at radius 3 is 1.90 bits per heavy atom. The van der Waals surface area contributed by atoms with Crippen molar-refractivity contribution in [3.63, 3.8) is 0 Å². The van der Waals surface area contributed by atoms with Gasteiger partial charge in [-0.1, -0.05) is 47.5 Å². The standard InChI is InChI=1S/C21H16BCl2NO4/c1-12-3-6-15(9-17(12)23)22(16-7-4-13(2)18(24)10-16)29-21(28)19-8-5-14(11-25-19)20(26)27/h3-11H,1-2H3,(H,26,27). The molecule has 0 aliphatic carbocycles. The van der Waals surface area contributed by atoms with Crippen LogP contribution in [0.5, 0.6) is 0 Å². The molecule has 0 unspecified atom stereocenters. The van der Waals surface area contributed by atoms with Crippen molar-refractivity contribution in [2.24, 2.45) is 0 Å². The molecule has 0 fully saturated rings. The summed E-state index contributed by atoms with van der Waals surface area (Å²) < 4.78 is 5.73. The van der Waals surface area contributed by atoms with E-state index >= 15 is 0 Å². The number of carbonyl (C=O) groups is 2. The van der Waals surface area contributed by atoms with Crippen molar-refractivity contribution in [3.8, 4) is 0 Å². The Kier molecular flexibility index (Phi) is 6.25. The summed E-state index contributed by atoms with van der Waals surface area (Å²) in [5.41, 5.74) is 3.12. The van der Waals surface area contributed by atoms with E-state index in [0.29, 0.717) is 21.0 Å². The van der Waals surface area contributed by atoms with Gasteiger partial charge in [-0.25, -0.2) is 14.6 Å². The van der Waals surface area contributed by atoms with Crippen LogP contribution in [-0.2, 0) is 4.65 Å². The minimum Gasteiger partial charge on any atom is -0.521 e. The van der Waals surface area contributed by atoms with Crippen LogP contribution >= 0.6 is 23.2 Å². The van der Waals surface area contributed by atoms with Gasteiger partial charge in [0, 0.05) is 16.2 Å². The smallest absolute Gasteiger partial charge is 0.430 e. The fourth-order valence-corrected chi connectivity index (χ4v) is 3.06. The highest BCUT2D eigenvalue weighted by Gasteiger charge is 2.28. The minimum absolute atomic E-state index is 0.00332. The summed E-state index contributed by atoms with van der Waals surface area (Å²) in [4.78, 5) is 27.6. The first-order chi connectivity index (χ1) is 13.8. The molecular weight excluding hydrogens is 412 g/mol. The van der Waals surface area contributed by atoms with Gasteiger partial charge in [0.15, 0.2) is 0 Å². The van der Waals surface area contributed by atoms with Gasteiger partial charge in [0.2, 0.25) is 0 Å². The number of halogens is 2. The zero-order valence-electron chi connectivity index (χ0n) is 15.6. The van der Waals surface area contributed by atoms with E-state index in [9.17, 15) is 9.59 Å². The van der Waals surface area contributed by atoms with Gasteiger partial charge in [-0.05, 0) is 60.2 Å². The number of aromatic carboxylic acids is 1. The molecule has 5 nitrogen and oxygen atoms in total. The van der Waals surface area contributed by atoms with E-state index in [0.717, 1.165) is 17.3 Å². The van der Waals surface area contributed by atoms with Crippen LogP contribution in [0.3, 0.4) is 0 Å². The molecule has 2 aromatic carbocycles. The first kappa shape index (κ1) is 20.9. The molecule has 1 heterocycles. The van der Waals surface area contributed by atoms with Gasteiger partial charge >= 0.3 is 18.9 Å². The Bertz CT molecular complexity index is 1040. The molecule has 0 amide bonds. The van der Waals surface area contributed by atoms with Crippen molar-refractivity contribution in [2.45, 2.75) is 13.8 Å². The number of rotatable bonds is 5. The van der Waals surface area contributed by atoms with Crippen molar-refractivity contribution in [2.75, 3.05) is 0 Å². The molecular formula is C21H16BCl2NO4. The summed E-state index contributed by atoms with van der Waals surface area (Å²) in [5.74, 6) is -1.82. The van der Waals surface area contributed by atoms with Crippen molar-refractivity contribution < 1.29 is 19.3 Å². The van der Waals surface area contributed by atoms with Crippen molar-refractivity contribution in [1.82, 2.24) is 4.98 Å². The third-order valence-electron chi connectivity index (χ3n) is 4.44. The van der Waals surface area contributed by atoms with Crippen LogP contribution < -0.4 is 10.9 Å². The van der Waals surface area contributed by atoms with Gasteiger partial charge in [-0.15, -0.1) is 0 Å². The summed E-state index contributed by atoms with van der Waals surface area (Å²) in [6.45, 7) is 2.99. The summed E-state index contributed by atoms with van der Waals surface area (Å²) in [5, 5.41) is 10.1. The number of aromatic nitrogens is 1. The molecule has 1 aromatic heterocycles. The Morgan fingerprint density at radius 1 is 0.931 bits per heavy atom. The fourth-order valence-electron chi connectivity index (χ4n) is 2.68. The molecule has 29 heavy (non-hydrogen) atoms. The van der Waals surface area contributed by atoms with Crippen molar-refractivity contribution in [3.05, 3.63) is 87.2 Å². The second-order valence-electron chi connectivity index (χ2n) is 6.54. The summed E-state index contributed by atoms with van der Waals surface area (Å²) in [6, 6.07) is 13.4. The first-order valence-electron chi connectivity index (χ1n) is 8.68. The lowest BCUT2D eigenvalue weighted by Crippen LogP contribution is -2.46. The van der Waals surface area contributed by atoms with Crippen molar-refractivity contribution in [1.29, 1.82) is 0 Å². The number of carboxylic acid groups (broad SMARTS) is 1. The molecule has 0 saturated heterocycles. The van der Waals surface area contributed by atoms with Crippen LogP contribution in [0.4, 0.5) is 0 Å². The third kappa shape index (κ3) is 4.78. The van der Waals surface area contributed by atoms with E-state index < -0.39 is 18.9 Å². The van der Waals surface area contributed by atoms with Gasteiger partial charge < -0.3 is 9.76 Å². The molecule has 0 saturated carbocycles. The summed E-state index contributed by atoms with van der Waals surface area (Å²) in [7, 11) is 0. The number of hydrogen-bond donors (Lipinski definition) is 1. The summed E-state index contributed by atoms with van der Waals surface area (Å²) in [6.07, 6.45) is 1.11. The SMILES string of the molecule is Cc1ccc(B(OC(=O)c2ccc(C(=O)O)cn2)c2ccc(C)c(Cl)c2)cc1Cl. The van der Waals surface area contributed by atoms with E-state index in [-0.39, 0.29) is 11.3 Å². The minimum atomic E-state index is -1.13. The number of carbonyl (C=O) groups excluding carboxylic acids is 1. The number of benzene rings is 2. The Labute approximate surface area is 178 Å². The molecule has 0 spiro atoms. The topological polar surface area (TPSA) is 76.5 Å². The monoisotopic (exact) mass is 427 g/mol. The number of nitrogens with zero attached hydrogens (tertiary/aromatic N) is 1. The van der Waals surface area contributed by atoms with Crippen LogP contribution in [0.1, 0.15) is 32.0 Å². The molecule has 0 radical (unpaired) electrons. The lowest BCUT2D eigenvalue weighted by Gasteiger charge is -2.17. The average molecular weight is 428 g/mol. The maximum atomic E-state index is 12.7. The second-order valence-corrected chi connectivity index (χ2v) is 7.35. The first-order valence-corrected chi connectivity index (χ1v) is 9.44.